The summed E-state index contributed by atoms with van der Waals surface area (Å²) in [7, 11) is 1.31. The molecule has 0 aromatic carbocycles. The molecule has 0 radical (unpaired) electrons. The number of esters is 1. The Bertz CT molecular complexity index is 618. The molecule has 0 saturated heterocycles. The lowest BCUT2D eigenvalue weighted by Gasteiger charge is -2.06. The van der Waals surface area contributed by atoms with E-state index in [4.69, 9.17) is 11.6 Å². The Morgan fingerprint density at radius 3 is 2.75 bits per heavy atom. The first-order chi connectivity index (χ1) is 9.62. The highest BCUT2D eigenvalue weighted by Gasteiger charge is 2.07. The van der Waals surface area contributed by atoms with Crippen molar-refractivity contribution < 1.29 is 9.53 Å². The van der Waals surface area contributed by atoms with E-state index in [1.165, 1.54) is 13.3 Å². The van der Waals surface area contributed by atoms with Crippen LogP contribution in [0, 0.1) is 0 Å². The number of methoxy groups -OCH3 is 1. The second kappa shape index (κ2) is 6.25. The van der Waals surface area contributed by atoms with Crippen LogP contribution in [0.15, 0.2) is 18.3 Å². The van der Waals surface area contributed by atoms with Crippen LogP contribution >= 0.6 is 11.6 Å². The third kappa shape index (κ3) is 3.39. The molecule has 2 aromatic heterocycles. The van der Waals surface area contributed by atoms with Crippen molar-refractivity contribution in [3.63, 3.8) is 0 Å². The van der Waals surface area contributed by atoms with Crippen molar-refractivity contribution in [3.8, 4) is 0 Å². The highest BCUT2D eigenvalue weighted by atomic mass is 35.5. The van der Waals surface area contributed by atoms with E-state index in [0.717, 1.165) is 0 Å². The molecule has 104 valence electrons. The summed E-state index contributed by atoms with van der Waals surface area (Å²) in [6.45, 7) is 1.92. The van der Waals surface area contributed by atoms with Gasteiger partial charge in [-0.1, -0.05) is 6.92 Å². The van der Waals surface area contributed by atoms with Crippen molar-refractivity contribution in [1.82, 2.24) is 19.9 Å². The van der Waals surface area contributed by atoms with E-state index in [1.54, 1.807) is 12.1 Å². The van der Waals surface area contributed by atoms with Gasteiger partial charge in [-0.15, -0.1) is 0 Å². The summed E-state index contributed by atoms with van der Waals surface area (Å²) in [4.78, 5) is 27.4. The van der Waals surface area contributed by atoms with Gasteiger partial charge in [0.25, 0.3) is 0 Å². The second-order valence-corrected chi connectivity index (χ2v) is 4.08. The maximum Gasteiger partial charge on any atom is 0.339 e. The SMILES string of the molecule is CCc1nc(Cl)nc(Nc2ccc(C(=O)OC)cn2)n1. The minimum atomic E-state index is -0.444. The van der Waals surface area contributed by atoms with Crippen LogP contribution in [0.4, 0.5) is 11.8 Å². The Kier molecular flexibility index (Phi) is 4.41. The summed E-state index contributed by atoms with van der Waals surface area (Å²) in [5.41, 5.74) is 0.362. The van der Waals surface area contributed by atoms with Crippen molar-refractivity contribution in [3.05, 3.63) is 35.0 Å². The van der Waals surface area contributed by atoms with Crippen LogP contribution in [0.5, 0.6) is 0 Å². The Balaban J connectivity index is 2.17. The number of nitrogens with zero attached hydrogens (tertiary/aromatic N) is 4. The summed E-state index contributed by atoms with van der Waals surface area (Å²) in [6, 6.07) is 3.21. The fourth-order valence-electron chi connectivity index (χ4n) is 1.43. The van der Waals surface area contributed by atoms with Gasteiger partial charge in [-0.25, -0.2) is 14.8 Å². The van der Waals surface area contributed by atoms with Crippen LogP contribution in [0.3, 0.4) is 0 Å². The normalized spacial score (nSPS) is 10.2. The minimum absolute atomic E-state index is 0.116. The zero-order valence-corrected chi connectivity index (χ0v) is 11.7. The quantitative estimate of drug-likeness (QED) is 0.862. The number of hydrogen-bond donors (Lipinski definition) is 1. The molecule has 0 fully saturated rings. The van der Waals surface area contributed by atoms with Crippen LogP contribution in [-0.2, 0) is 11.2 Å². The lowest BCUT2D eigenvalue weighted by Crippen LogP contribution is -2.05. The van der Waals surface area contributed by atoms with Gasteiger partial charge < -0.3 is 10.1 Å². The summed E-state index contributed by atoms with van der Waals surface area (Å²) in [5, 5.41) is 3.01. The third-order valence-electron chi connectivity index (χ3n) is 2.40. The molecule has 20 heavy (non-hydrogen) atoms. The van der Waals surface area contributed by atoms with E-state index in [0.29, 0.717) is 29.6 Å². The van der Waals surface area contributed by atoms with E-state index < -0.39 is 5.97 Å². The van der Waals surface area contributed by atoms with Gasteiger partial charge in [0.1, 0.15) is 11.6 Å². The molecule has 2 aromatic rings. The zero-order chi connectivity index (χ0) is 14.5. The number of halogens is 1. The van der Waals surface area contributed by atoms with E-state index in [1.807, 2.05) is 6.92 Å². The molecule has 1 N–H and O–H groups in total. The van der Waals surface area contributed by atoms with E-state index >= 15 is 0 Å². The van der Waals surface area contributed by atoms with Gasteiger partial charge in [-0.2, -0.15) is 9.97 Å². The molecule has 2 rings (SSSR count). The fraction of sp³-hybridized carbons (Fsp3) is 0.250. The number of rotatable bonds is 4. The number of carbonyl (C=O) groups is 1. The summed E-state index contributed by atoms with van der Waals surface area (Å²) in [6.07, 6.45) is 2.04. The Labute approximate surface area is 120 Å². The molecule has 8 heteroatoms. The minimum Gasteiger partial charge on any atom is -0.465 e. The Morgan fingerprint density at radius 2 is 2.15 bits per heavy atom. The number of pyridine rings is 1. The molecule has 0 bridgehead atoms. The maximum atomic E-state index is 11.3. The summed E-state index contributed by atoms with van der Waals surface area (Å²) >= 11 is 5.80. The van der Waals surface area contributed by atoms with Gasteiger partial charge in [-0.3, -0.25) is 0 Å². The van der Waals surface area contributed by atoms with Crippen molar-refractivity contribution in [2.45, 2.75) is 13.3 Å². The van der Waals surface area contributed by atoms with Crippen molar-refractivity contribution in [2.75, 3.05) is 12.4 Å². The van der Waals surface area contributed by atoms with Crippen molar-refractivity contribution in [1.29, 1.82) is 0 Å². The molecule has 7 nitrogen and oxygen atoms in total. The highest BCUT2D eigenvalue weighted by Crippen LogP contribution is 2.13. The monoisotopic (exact) mass is 293 g/mol. The lowest BCUT2D eigenvalue weighted by atomic mass is 10.3. The molecule has 0 aliphatic carbocycles. The van der Waals surface area contributed by atoms with Crippen LogP contribution < -0.4 is 5.32 Å². The lowest BCUT2D eigenvalue weighted by molar-refractivity contribution is 0.0600. The summed E-state index contributed by atoms with van der Waals surface area (Å²) < 4.78 is 4.59. The smallest absolute Gasteiger partial charge is 0.339 e. The van der Waals surface area contributed by atoms with Crippen molar-refractivity contribution in [2.24, 2.45) is 0 Å². The Hall–Kier alpha value is -2.28. The number of nitrogens with one attached hydrogen (secondary N) is 1. The van der Waals surface area contributed by atoms with Crippen LogP contribution in [0.2, 0.25) is 5.28 Å². The first-order valence-corrected chi connectivity index (χ1v) is 6.22. The average Bonchev–Trinajstić information content (AvgIpc) is 2.46. The average molecular weight is 294 g/mol. The van der Waals surface area contributed by atoms with Gasteiger partial charge in [0.15, 0.2) is 0 Å². The van der Waals surface area contributed by atoms with E-state index in [-0.39, 0.29) is 5.28 Å². The molecule has 0 saturated carbocycles. The molecular weight excluding hydrogens is 282 g/mol. The number of ether oxygens (including phenoxy) is 1. The van der Waals surface area contributed by atoms with Gasteiger partial charge in [0.05, 0.1) is 12.7 Å². The molecule has 0 unspecified atom stereocenters. The third-order valence-corrected chi connectivity index (χ3v) is 2.56. The number of carbonyl (C=O) groups excluding carboxylic acids is 1. The molecule has 0 aliphatic heterocycles. The number of aromatic nitrogens is 4. The summed E-state index contributed by atoms with van der Waals surface area (Å²) in [5.74, 6) is 0.932. The van der Waals surface area contributed by atoms with Crippen molar-refractivity contribution >= 4 is 29.3 Å². The highest BCUT2D eigenvalue weighted by molar-refractivity contribution is 6.28. The number of hydrogen-bond acceptors (Lipinski definition) is 7. The van der Waals surface area contributed by atoms with Crippen LogP contribution in [-0.4, -0.2) is 33.0 Å². The zero-order valence-electron chi connectivity index (χ0n) is 10.9. The molecule has 0 aliphatic rings. The topological polar surface area (TPSA) is 89.9 Å². The standard InChI is InChI=1S/C12H12ClN5O2/c1-3-8-15-11(13)18-12(16-8)17-9-5-4-7(6-14-9)10(19)20-2/h4-6H,3H2,1-2H3,(H,14,15,16,17,18). The number of aryl methyl sites for hydroxylation is 1. The first kappa shape index (κ1) is 14.1. The van der Waals surface area contributed by atoms with Crippen LogP contribution in [0.1, 0.15) is 23.1 Å². The fourth-order valence-corrected chi connectivity index (χ4v) is 1.60. The molecule has 0 atom stereocenters. The molecule has 0 spiro atoms. The second-order valence-electron chi connectivity index (χ2n) is 3.75. The van der Waals surface area contributed by atoms with E-state index in [9.17, 15) is 4.79 Å². The van der Waals surface area contributed by atoms with Crippen LogP contribution in [0.25, 0.3) is 0 Å². The molecule has 2 heterocycles. The maximum absolute atomic E-state index is 11.3. The van der Waals surface area contributed by atoms with Gasteiger partial charge in [0, 0.05) is 12.6 Å². The molecule has 0 amide bonds. The predicted octanol–water partition coefficient (Wildman–Crippen LogP) is 2.01. The van der Waals surface area contributed by atoms with E-state index in [2.05, 4.69) is 30.0 Å². The molecular formula is C12H12ClN5O2. The predicted molar refractivity (Wildman–Crippen MR) is 73.1 cm³/mol. The van der Waals surface area contributed by atoms with Gasteiger partial charge >= 0.3 is 5.97 Å². The first-order valence-electron chi connectivity index (χ1n) is 5.84. The van der Waals surface area contributed by atoms with Gasteiger partial charge in [0.2, 0.25) is 11.2 Å². The number of anilines is 2. The largest absolute Gasteiger partial charge is 0.465 e. The Morgan fingerprint density at radius 1 is 1.35 bits per heavy atom. The van der Waals surface area contributed by atoms with Gasteiger partial charge in [-0.05, 0) is 23.7 Å².